The molecule has 7 rings (SSSR count). The second-order valence-corrected chi connectivity index (χ2v) is 10.1. The fraction of sp³-hybridized carbons (Fsp3) is 0.161. The zero-order chi connectivity index (χ0) is 25.1. The van der Waals surface area contributed by atoms with Crippen LogP contribution in [-0.2, 0) is 5.54 Å². The third kappa shape index (κ3) is 3.40. The van der Waals surface area contributed by atoms with Gasteiger partial charge in [-0.1, -0.05) is 54.1 Å². The van der Waals surface area contributed by atoms with E-state index >= 15 is 4.39 Å². The summed E-state index contributed by atoms with van der Waals surface area (Å²) in [4.78, 5) is 9.84. The largest absolute Gasteiger partial charge is 0.338 e. The molecule has 182 valence electrons. The highest BCUT2D eigenvalue weighted by molar-refractivity contribution is 5.90. The number of nitrogens with two attached hydrogens (primary N) is 1. The molecule has 0 atom stereocenters. The van der Waals surface area contributed by atoms with Crippen molar-refractivity contribution >= 4 is 11.5 Å². The summed E-state index contributed by atoms with van der Waals surface area (Å²) < 4.78 is 17.8. The van der Waals surface area contributed by atoms with Crippen LogP contribution in [0.2, 0.25) is 0 Å². The highest BCUT2D eigenvalue weighted by Gasteiger charge is 2.37. The van der Waals surface area contributed by atoms with Crippen LogP contribution in [0.15, 0.2) is 85.1 Å². The van der Waals surface area contributed by atoms with Crippen molar-refractivity contribution in [1.29, 1.82) is 0 Å². The molecule has 5 aromatic rings. The topological polar surface area (TPSA) is 68.8 Å². The minimum atomic E-state index is -0.573. The van der Waals surface area contributed by atoms with E-state index in [2.05, 4.69) is 46.1 Å². The molecule has 1 aliphatic heterocycles. The predicted octanol–water partition coefficient (Wildman–Crippen LogP) is 7.11. The van der Waals surface area contributed by atoms with Crippen molar-refractivity contribution in [2.75, 3.05) is 5.32 Å². The first-order valence-corrected chi connectivity index (χ1v) is 12.6. The van der Waals surface area contributed by atoms with E-state index in [1.807, 2.05) is 48.5 Å². The van der Waals surface area contributed by atoms with Crippen LogP contribution in [-0.4, -0.2) is 14.5 Å². The number of benzene rings is 3. The average molecular weight is 488 g/mol. The quantitative estimate of drug-likeness (QED) is 0.279. The molecule has 0 spiro atoms. The van der Waals surface area contributed by atoms with Gasteiger partial charge in [0.1, 0.15) is 11.6 Å². The standard InChI is InChI=1S/C31H26FN5/c1-19-9-11-20(12-10-19)27-28(21-13-14-23(24(32)18-21)31(33)15-5-16-31)37-26-8-4-17-34-29(26)35-25-7-3-2-6-22(25)30(37)36-27/h2-4,6-14,17-18H,5,15-16,33H2,1H3,(H,34,35). The number of hydrogen-bond acceptors (Lipinski definition) is 4. The Kier molecular flexibility index (Phi) is 4.81. The lowest BCUT2D eigenvalue weighted by Gasteiger charge is -2.38. The van der Waals surface area contributed by atoms with E-state index in [9.17, 15) is 0 Å². The van der Waals surface area contributed by atoms with Gasteiger partial charge in [-0.3, -0.25) is 4.57 Å². The van der Waals surface area contributed by atoms with Crippen LogP contribution in [0.3, 0.4) is 0 Å². The zero-order valence-corrected chi connectivity index (χ0v) is 20.5. The molecule has 1 saturated carbocycles. The SMILES string of the molecule is Cc1ccc(-c2nc3n(c2-c2ccc(C4(N)CCC4)c(F)c2)-c2cccnc2Nc2ccccc2-3)cc1. The van der Waals surface area contributed by atoms with Crippen molar-refractivity contribution in [2.45, 2.75) is 31.7 Å². The van der Waals surface area contributed by atoms with Gasteiger partial charge in [0.25, 0.3) is 0 Å². The summed E-state index contributed by atoms with van der Waals surface area (Å²) in [5.74, 6) is 1.22. The van der Waals surface area contributed by atoms with Crippen LogP contribution < -0.4 is 11.1 Å². The first kappa shape index (κ1) is 21.9. The summed E-state index contributed by atoms with van der Waals surface area (Å²) in [6.45, 7) is 2.06. The Morgan fingerprint density at radius 2 is 1.73 bits per heavy atom. The Morgan fingerprint density at radius 3 is 2.49 bits per heavy atom. The van der Waals surface area contributed by atoms with E-state index in [0.717, 1.165) is 70.4 Å². The van der Waals surface area contributed by atoms with Gasteiger partial charge >= 0.3 is 0 Å². The van der Waals surface area contributed by atoms with Gasteiger partial charge in [-0.05, 0) is 56.5 Å². The second-order valence-electron chi connectivity index (χ2n) is 10.1. The maximum absolute atomic E-state index is 15.7. The Balaban J connectivity index is 1.55. The Hall–Kier alpha value is -4.29. The number of nitrogens with one attached hydrogen (secondary N) is 1. The van der Waals surface area contributed by atoms with Crippen LogP contribution in [0.5, 0.6) is 0 Å². The van der Waals surface area contributed by atoms with Crippen molar-refractivity contribution in [2.24, 2.45) is 5.73 Å². The molecule has 6 heteroatoms. The molecule has 2 aromatic heterocycles. The molecule has 0 saturated heterocycles. The Morgan fingerprint density at radius 1 is 0.946 bits per heavy atom. The minimum Gasteiger partial charge on any atom is -0.338 e. The highest BCUT2D eigenvalue weighted by Crippen LogP contribution is 2.46. The summed E-state index contributed by atoms with van der Waals surface area (Å²) in [6.07, 6.45) is 4.41. The smallest absolute Gasteiger partial charge is 0.154 e. The molecular weight excluding hydrogens is 461 g/mol. The van der Waals surface area contributed by atoms with Gasteiger partial charge in [0.05, 0.1) is 22.8 Å². The molecular formula is C31H26FN5. The first-order valence-electron chi connectivity index (χ1n) is 12.6. The molecule has 5 nitrogen and oxygen atoms in total. The number of aryl methyl sites for hydroxylation is 1. The second kappa shape index (κ2) is 8.11. The molecule has 0 amide bonds. The third-order valence-corrected chi connectivity index (χ3v) is 7.68. The zero-order valence-electron chi connectivity index (χ0n) is 20.5. The lowest BCUT2D eigenvalue weighted by Crippen LogP contribution is -2.44. The summed E-state index contributed by atoms with van der Waals surface area (Å²) >= 11 is 0. The number of hydrogen-bond donors (Lipinski definition) is 2. The van der Waals surface area contributed by atoms with E-state index in [-0.39, 0.29) is 5.82 Å². The molecule has 1 fully saturated rings. The van der Waals surface area contributed by atoms with Gasteiger partial charge in [-0.15, -0.1) is 0 Å². The summed E-state index contributed by atoms with van der Waals surface area (Å²) in [5.41, 5.74) is 13.7. The van der Waals surface area contributed by atoms with Crippen LogP contribution in [0.4, 0.5) is 15.9 Å². The maximum atomic E-state index is 15.7. The number of halogens is 1. The molecule has 0 radical (unpaired) electrons. The van der Waals surface area contributed by atoms with E-state index in [1.165, 1.54) is 5.56 Å². The average Bonchev–Trinajstić information content (AvgIpc) is 3.22. The number of para-hydroxylation sites is 1. The molecule has 0 bridgehead atoms. The Bertz CT molecular complexity index is 1660. The summed E-state index contributed by atoms with van der Waals surface area (Å²) in [7, 11) is 0. The van der Waals surface area contributed by atoms with Crippen LogP contribution in [0.1, 0.15) is 30.4 Å². The van der Waals surface area contributed by atoms with Crippen LogP contribution in [0.25, 0.3) is 39.6 Å². The number of rotatable bonds is 3. The number of pyridine rings is 1. The van der Waals surface area contributed by atoms with Crippen molar-refractivity contribution in [1.82, 2.24) is 14.5 Å². The lowest BCUT2D eigenvalue weighted by molar-refractivity contribution is 0.245. The van der Waals surface area contributed by atoms with Gasteiger partial charge < -0.3 is 11.1 Å². The molecule has 3 heterocycles. The van der Waals surface area contributed by atoms with Gasteiger partial charge in [0.15, 0.2) is 5.82 Å². The number of aromatic nitrogens is 3. The maximum Gasteiger partial charge on any atom is 0.154 e. The monoisotopic (exact) mass is 487 g/mol. The van der Waals surface area contributed by atoms with Crippen molar-refractivity contribution in [3.63, 3.8) is 0 Å². The molecule has 37 heavy (non-hydrogen) atoms. The van der Waals surface area contributed by atoms with Gasteiger partial charge in [-0.2, -0.15) is 0 Å². The third-order valence-electron chi connectivity index (χ3n) is 7.68. The van der Waals surface area contributed by atoms with Crippen LogP contribution >= 0.6 is 0 Å². The van der Waals surface area contributed by atoms with E-state index < -0.39 is 5.54 Å². The van der Waals surface area contributed by atoms with Gasteiger partial charge in [0, 0.05) is 34.0 Å². The predicted molar refractivity (Wildman–Crippen MR) is 145 cm³/mol. The van der Waals surface area contributed by atoms with Gasteiger partial charge in [-0.25, -0.2) is 14.4 Å². The van der Waals surface area contributed by atoms with Crippen molar-refractivity contribution < 1.29 is 4.39 Å². The van der Waals surface area contributed by atoms with Crippen molar-refractivity contribution in [3.8, 4) is 39.6 Å². The van der Waals surface area contributed by atoms with E-state index in [1.54, 1.807) is 12.3 Å². The fourth-order valence-electron chi connectivity index (χ4n) is 5.50. The summed E-state index contributed by atoms with van der Waals surface area (Å²) in [5, 5.41) is 3.47. The van der Waals surface area contributed by atoms with E-state index in [4.69, 9.17) is 10.7 Å². The van der Waals surface area contributed by atoms with Crippen LogP contribution in [0, 0.1) is 12.7 Å². The molecule has 1 aliphatic carbocycles. The summed E-state index contributed by atoms with van der Waals surface area (Å²) in [6, 6.07) is 25.7. The number of fused-ring (bicyclic) bond motifs is 5. The molecule has 2 aliphatic rings. The minimum absolute atomic E-state index is 0.274. The number of imidazole rings is 1. The van der Waals surface area contributed by atoms with Crippen molar-refractivity contribution in [3.05, 3.63) is 102 Å². The van der Waals surface area contributed by atoms with E-state index in [0.29, 0.717) is 5.56 Å². The highest BCUT2D eigenvalue weighted by atomic mass is 19.1. The van der Waals surface area contributed by atoms with Gasteiger partial charge in [0.2, 0.25) is 0 Å². The number of anilines is 2. The normalized spacial score (nSPS) is 15.0. The lowest BCUT2D eigenvalue weighted by atomic mass is 9.72. The Labute approximate surface area is 214 Å². The fourth-order valence-corrected chi connectivity index (χ4v) is 5.50. The molecule has 3 N–H and O–H groups in total. The first-order chi connectivity index (χ1) is 18.0. The molecule has 3 aromatic carbocycles. The molecule has 0 unspecified atom stereocenters. The number of nitrogens with zero attached hydrogens (tertiary/aromatic N) is 3.